The second-order valence-electron chi connectivity index (χ2n) is 5.43. The lowest BCUT2D eigenvalue weighted by molar-refractivity contribution is 1.47. The Balaban J connectivity index is 1.97. The van der Waals surface area contributed by atoms with Crippen molar-refractivity contribution < 1.29 is 0 Å². The molecule has 0 N–H and O–H groups in total. The van der Waals surface area contributed by atoms with Crippen LogP contribution < -0.4 is 0 Å². The van der Waals surface area contributed by atoms with Gasteiger partial charge in [-0.25, -0.2) is 0 Å². The Hall–Kier alpha value is -2.78. The zero-order chi connectivity index (χ0) is 14.2. The number of benzene rings is 3. The van der Waals surface area contributed by atoms with Crippen LogP contribution in [0.15, 0.2) is 66.7 Å². The van der Waals surface area contributed by atoms with Gasteiger partial charge in [-0.15, -0.1) is 0 Å². The fraction of sp³-hybridized carbons (Fsp3) is 0.0476. The van der Waals surface area contributed by atoms with Gasteiger partial charge in [0.15, 0.2) is 0 Å². The molecule has 0 aliphatic carbocycles. The van der Waals surface area contributed by atoms with Crippen molar-refractivity contribution in [2.45, 2.75) is 6.92 Å². The van der Waals surface area contributed by atoms with Crippen LogP contribution in [0.2, 0.25) is 0 Å². The van der Waals surface area contributed by atoms with Crippen molar-refractivity contribution in [3.05, 3.63) is 84.4 Å². The highest BCUT2D eigenvalue weighted by Crippen LogP contribution is 2.29. The molecule has 0 saturated carbocycles. The van der Waals surface area contributed by atoms with Crippen LogP contribution >= 0.6 is 0 Å². The van der Waals surface area contributed by atoms with Crippen molar-refractivity contribution in [1.29, 1.82) is 0 Å². The first-order chi connectivity index (χ1) is 10.3. The molecule has 4 aromatic rings. The number of hydrogen-bond donors (Lipinski definition) is 0. The van der Waals surface area contributed by atoms with Crippen LogP contribution in [0.25, 0.3) is 32.7 Å². The van der Waals surface area contributed by atoms with Crippen LogP contribution in [0.4, 0.5) is 0 Å². The van der Waals surface area contributed by atoms with Crippen molar-refractivity contribution in [3.63, 3.8) is 0 Å². The zero-order valence-electron chi connectivity index (χ0n) is 11.9. The van der Waals surface area contributed by atoms with Gasteiger partial charge in [0.05, 0.1) is 0 Å². The van der Waals surface area contributed by atoms with Crippen molar-refractivity contribution >= 4 is 21.5 Å². The Morgan fingerprint density at radius 3 is 2.57 bits per heavy atom. The van der Waals surface area contributed by atoms with Gasteiger partial charge in [0.25, 0.3) is 0 Å². The molecule has 0 heteroatoms. The first-order valence-electron chi connectivity index (χ1n) is 7.13. The molecule has 0 amide bonds. The Bertz CT molecular complexity index is 948. The van der Waals surface area contributed by atoms with Gasteiger partial charge in [-0.1, -0.05) is 60.2 Å². The topological polar surface area (TPSA) is 0 Å². The van der Waals surface area contributed by atoms with Gasteiger partial charge in [-0.2, -0.15) is 0 Å². The van der Waals surface area contributed by atoms with Crippen LogP contribution in [0.5, 0.6) is 0 Å². The first-order valence-corrected chi connectivity index (χ1v) is 7.13. The lowest BCUT2D eigenvalue weighted by Gasteiger charge is -2.07. The summed E-state index contributed by atoms with van der Waals surface area (Å²) in [7, 11) is 0. The van der Waals surface area contributed by atoms with E-state index in [1.54, 1.807) is 0 Å². The van der Waals surface area contributed by atoms with E-state index in [1.807, 2.05) is 6.07 Å². The number of fused-ring (bicyclic) bond motifs is 3. The molecule has 0 heterocycles. The van der Waals surface area contributed by atoms with E-state index in [2.05, 4.69) is 79.7 Å². The molecule has 0 aromatic heterocycles. The smallest absolute Gasteiger partial charge is 0.0327 e. The molecule has 0 aliphatic rings. The van der Waals surface area contributed by atoms with E-state index in [-0.39, 0.29) is 0 Å². The van der Waals surface area contributed by atoms with Crippen LogP contribution in [-0.4, -0.2) is 0 Å². The van der Waals surface area contributed by atoms with Crippen molar-refractivity contribution in [2.75, 3.05) is 0 Å². The molecule has 0 bridgehead atoms. The zero-order valence-corrected chi connectivity index (χ0v) is 11.9. The predicted octanol–water partition coefficient (Wildman–Crippen LogP) is 5.57. The molecule has 21 heavy (non-hydrogen) atoms. The Morgan fingerprint density at radius 1 is 0.762 bits per heavy atom. The average Bonchev–Trinajstić information content (AvgIpc) is 2.54. The van der Waals surface area contributed by atoms with E-state index >= 15 is 0 Å². The fourth-order valence-electron chi connectivity index (χ4n) is 2.89. The molecule has 0 aliphatic heterocycles. The maximum atomic E-state index is 3.17. The molecular weight excluding hydrogens is 252 g/mol. The quantitative estimate of drug-likeness (QED) is 0.422. The SMILES string of the molecule is Cc1cccc(-c2ccc3c(ccc4c#cccc43)c2)c1. The lowest BCUT2D eigenvalue weighted by atomic mass is 9.97. The Morgan fingerprint density at radius 2 is 1.67 bits per heavy atom. The normalized spacial score (nSPS) is 10.7. The van der Waals surface area contributed by atoms with Gasteiger partial charge in [-0.3, -0.25) is 0 Å². The summed E-state index contributed by atoms with van der Waals surface area (Å²) < 4.78 is 0. The Labute approximate surface area is 124 Å². The van der Waals surface area contributed by atoms with Crippen molar-refractivity contribution in [1.82, 2.24) is 0 Å². The molecule has 0 nitrogen and oxygen atoms in total. The Kier molecular flexibility index (Phi) is 2.66. The average molecular weight is 266 g/mol. The van der Waals surface area contributed by atoms with E-state index in [0.717, 1.165) is 5.39 Å². The molecular formula is C21H14. The lowest BCUT2D eigenvalue weighted by Crippen LogP contribution is -1.81. The maximum absolute atomic E-state index is 3.17. The molecule has 0 atom stereocenters. The van der Waals surface area contributed by atoms with Gasteiger partial charge < -0.3 is 0 Å². The summed E-state index contributed by atoms with van der Waals surface area (Å²) in [6.45, 7) is 2.13. The molecule has 0 saturated heterocycles. The summed E-state index contributed by atoms with van der Waals surface area (Å²) in [5.41, 5.74) is 3.82. The highest BCUT2D eigenvalue weighted by atomic mass is 14.1. The summed E-state index contributed by atoms with van der Waals surface area (Å²) >= 11 is 0. The number of aryl methyl sites for hydroxylation is 1. The highest BCUT2D eigenvalue weighted by Gasteiger charge is 2.03. The largest absolute Gasteiger partial charge is 0.0696 e. The van der Waals surface area contributed by atoms with Crippen molar-refractivity contribution in [3.8, 4) is 11.1 Å². The molecule has 0 fully saturated rings. The summed E-state index contributed by atoms with van der Waals surface area (Å²) in [5.74, 6) is 0. The minimum absolute atomic E-state index is 1.12. The van der Waals surface area contributed by atoms with Crippen LogP contribution in [0.3, 0.4) is 0 Å². The van der Waals surface area contributed by atoms with E-state index in [9.17, 15) is 0 Å². The van der Waals surface area contributed by atoms with Crippen LogP contribution in [0, 0.1) is 19.1 Å². The first kappa shape index (κ1) is 12.0. The number of hydrogen-bond acceptors (Lipinski definition) is 0. The van der Waals surface area contributed by atoms with Crippen molar-refractivity contribution in [2.24, 2.45) is 0 Å². The fourth-order valence-corrected chi connectivity index (χ4v) is 2.89. The molecule has 4 aromatic carbocycles. The molecule has 0 spiro atoms. The second-order valence-corrected chi connectivity index (χ2v) is 5.43. The third kappa shape index (κ3) is 2.04. The molecule has 4 rings (SSSR count). The van der Waals surface area contributed by atoms with E-state index in [0.29, 0.717) is 0 Å². The van der Waals surface area contributed by atoms with Gasteiger partial charge in [0.2, 0.25) is 0 Å². The molecule has 0 radical (unpaired) electrons. The highest BCUT2D eigenvalue weighted by molar-refractivity contribution is 6.07. The van der Waals surface area contributed by atoms with Gasteiger partial charge in [0.1, 0.15) is 0 Å². The third-order valence-electron chi connectivity index (χ3n) is 3.95. The second kappa shape index (κ2) is 4.65. The predicted molar refractivity (Wildman–Crippen MR) is 89.3 cm³/mol. The van der Waals surface area contributed by atoms with E-state index in [4.69, 9.17) is 0 Å². The number of rotatable bonds is 1. The summed E-state index contributed by atoms with van der Waals surface area (Å²) in [5, 5.41) is 4.89. The van der Waals surface area contributed by atoms with E-state index < -0.39 is 0 Å². The minimum atomic E-state index is 1.12. The standard InChI is InChI=1S/C21H14/c1-15-5-4-7-17(13-15)18-11-12-21-19(14-18)10-9-16-6-2-3-8-20(16)21/h3-5,7-14H,1H3. The van der Waals surface area contributed by atoms with E-state index in [1.165, 1.54) is 32.8 Å². The molecule has 0 unspecified atom stereocenters. The van der Waals surface area contributed by atoms with Gasteiger partial charge in [0, 0.05) is 5.39 Å². The summed E-state index contributed by atoms with van der Waals surface area (Å²) in [4.78, 5) is 0. The summed E-state index contributed by atoms with van der Waals surface area (Å²) in [6.07, 6.45) is 0. The minimum Gasteiger partial charge on any atom is -0.0696 e. The van der Waals surface area contributed by atoms with Crippen LogP contribution in [-0.2, 0) is 0 Å². The van der Waals surface area contributed by atoms with Crippen LogP contribution in [0.1, 0.15) is 5.56 Å². The van der Waals surface area contributed by atoms with Gasteiger partial charge >= 0.3 is 0 Å². The third-order valence-corrected chi connectivity index (χ3v) is 3.95. The monoisotopic (exact) mass is 266 g/mol. The van der Waals surface area contributed by atoms with Gasteiger partial charge in [-0.05, 0) is 58.5 Å². The molecule has 98 valence electrons. The maximum Gasteiger partial charge on any atom is 0.0327 e. The summed E-state index contributed by atoms with van der Waals surface area (Å²) in [6, 6.07) is 29.8.